The lowest BCUT2D eigenvalue weighted by atomic mass is 9.99. The number of benzene rings is 2. The number of nitrogens with one attached hydrogen (secondary N) is 2. The van der Waals surface area contributed by atoms with Gasteiger partial charge in [0, 0.05) is 69.4 Å². The van der Waals surface area contributed by atoms with E-state index in [0.29, 0.717) is 53.0 Å². The van der Waals surface area contributed by atoms with Gasteiger partial charge in [0.2, 0.25) is 5.91 Å². The predicted molar refractivity (Wildman–Crippen MR) is 190 cm³/mol. The number of piperazine rings is 1. The second-order valence-electron chi connectivity index (χ2n) is 13.4. The van der Waals surface area contributed by atoms with Gasteiger partial charge in [-0.3, -0.25) is 19.4 Å². The number of rotatable bonds is 10. The normalized spacial score (nSPS) is 22.1. The van der Waals surface area contributed by atoms with Gasteiger partial charge in [-0.2, -0.15) is 5.26 Å². The van der Waals surface area contributed by atoms with E-state index in [1.807, 2.05) is 36.4 Å². The number of ether oxygens (including phenoxy) is 1. The van der Waals surface area contributed by atoms with Gasteiger partial charge in [0.15, 0.2) is 5.82 Å². The summed E-state index contributed by atoms with van der Waals surface area (Å²) in [6.07, 6.45) is 8.39. The lowest BCUT2D eigenvalue weighted by Gasteiger charge is -2.46. The third-order valence-corrected chi connectivity index (χ3v) is 10.3. The Morgan fingerprint density at radius 1 is 1.04 bits per heavy atom. The maximum Gasteiger partial charge on any atom is 0.247 e. The van der Waals surface area contributed by atoms with E-state index in [1.165, 1.54) is 31.8 Å². The van der Waals surface area contributed by atoms with Crippen molar-refractivity contribution in [3.63, 3.8) is 0 Å². The third-order valence-electron chi connectivity index (χ3n) is 10.3. The first-order valence-corrected chi connectivity index (χ1v) is 17.4. The number of methoxy groups -OCH3 is 1. The minimum absolute atomic E-state index is 0.0922. The number of anilines is 5. The van der Waals surface area contributed by atoms with Crippen molar-refractivity contribution in [3.8, 4) is 11.8 Å². The molecular weight excluding hydrogens is 618 g/mol. The SMILES string of the molecule is C=CC(=O)Nc1cc(Nc2cc(N3OCC[C@@H]3c3cccc(C#N)c3)ncn2)c(OC)cc1N1CCC(N2CCN(C3CC3)[C@@H](C)C2)CC1. The van der Waals surface area contributed by atoms with Gasteiger partial charge >= 0.3 is 0 Å². The van der Waals surface area contributed by atoms with Crippen molar-refractivity contribution in [3.05, 3.63) is 72.6 Å². The summed E-state index contributed by atoms with van der Waals surface area (Å²) in [6, 6.07) is 17.4. The molecule has 12 nitrogen and oxygen atoms in total. The molecule has 0 radical (unpaired) electrons. The van der Waals surface area contributed by atoms with E-state index in [4.69, 9.17) is 9.57 Å². The summed E-state index contributed by atoms with van der Waals surface area (Å²) in [7, 11) is 1.64. The van der Waals surface area contributed by atoms with Crippen molar-refractivity contribution < 1.29 is 14.4 Å². The van der Waals surface area contributed by atoms with Crippen LogP contribution in [0.2, 0.25) is 0 Å². The molecule has 7 rings (SSSR count). The molecule has 12 heteroatoms. The number of amides is 1. The Hall–Kier alpha value is -4.70. The average molecular weight is 664 g/mol. The highest BCUT2D eigenvalue weighted by Crippen LogP contribution is 2.41. The van der Waals surface area contributed by atoms with E-state index in [9.17, 15) is 10.1 Å². The highest BCUT2D eigenvalue weighted by molar-refractivity contribution is 6.02. The van der Waals surface area contributed by atoms with E-state index in [1.54, 1.807) is 18.2 Å². The molecule has 3 saturated heterocycles. The van der Waals surface area contributed by atoms with Crippen molar-refractivity contribution in [2.75, 3.05) is 67.0 Å². The molecule has 2 N–H and O–H groups in total. The van der Waals surface area contributed by atoms with Crippen LogP contribution in [-0.2, 0) is 9.63 Å². The summed E-state index contributed by atoms with van der Waals surface area (Å²) in [4.78, 5) is 35.3. The van der Waals surface area contributed by atoms with Crippen LogP contribution in [0.5, 0.6) is 5.75 Å². The van der Waals surface area contributed by atoms with E-state index in [-0.39, 0.29) is 11.9 Å². The average Bonchev–Trinajstić information content (AvgIpc) is 3.86. The Kier molecular flexibility index (Phi) is 9.66. The van der Waals surface area contributed by atoms with E-state index in [0.717, 1.165) is 62.7 Å². The van der Waals surface area contributed by atoms with Gasteiger partial charge in [-0.05, 0) is 62.4 Å². The molecule has 2 aromatic carbocycles. The molecule has 3 aliphatic heterocycles. The number of hydrogen-bond acceptors (Lipinski definition) is 11. The Morgan fingerprint density at radius 3 is 2.61 bits per heavy atom. The maximum atomic E-state index is 12.6. The van der Waals surface area contributed by atoms with Gasteiger partial charge in [-0.1, -0.05) is 18.7 Å². The first-order valence-electron chi connectivity index (χ1n) is 17.4. The molecule has 2 atom stereocenters. The van der Waals surface area contributed by atoms with Gasteiger partial charge in [0.25, 0.3) is 0 Å². The fraction of sp³-hybridized carbons (Fsp3) is 0.459. The minimum atomic E-state index is -0.281. The van der Waals surface area contributed by atoms with Gasteiger partial charge in [0.05, 0.1) is 48.5 Å². The molecule has 4 heterocycles. The molecule has 256 valence electrons. The van der Waals surface area contributed by atoms with Crippen LogP contribution in [-0.4, -0.2) is 90.2 Å². The summed E-state index contributed by atoms with van der Waals surface area (Å²) in [6.45, 7) is 11.8. The second kappa shape index (κ2) is 14.4. The van der Waals surface area contributed by atoms with Crippen LogP contribution >= 0.6 is 0 Å². The number of nitrogens with zero attached hydrogens (tertiary/aromatic N) is 7. The van der Waals surface area contributed by atoms with Crippen molar-refractivity contribution in [1.29, 1.82) is 5.26 Å². The number of hydroxylamine groups is 1. The van der Waals surface area contributed by atoms with Crippen LogP contribution < -0.4 is 25.3 Å². The van der Waals surface area contributed by atoms with E-state index >= 15 is 0 Å². The van der Waals surface area contributed by atoms with E-state index in [2.05, 4.69) is 54.9 Å². The van der Waals surface area contributed by atoms with E-state index < -0.39 is 0 Å². The zero-order chi connectivity index (χ0) is 33.9. The summed E-state index contributed by atoms with van der Waals surface area (Å²) in [5.74, 6) is 1.47. The Morgan fingerprint density at radius 2 is 1.88 bits per heavy atom. The van der Waals surface area contributed by atoms with Crippen LogP contribution in [0, 0.1) is 11.3 Å². The van der Waals surface area contributed by atoms with Crippen LogP contribution in [0.3, 0.4) is 0 Å². The third kappa shape index (κ3) is 7.20. The summed E-state index contributed by atoms with van der Waals surface area (Å²) < 4.78 is 5.88. The smallest absolute Gasteiger partial charge is 0.247 e. The highest BCUT2D eigenvalue weighted by Gasteiger charge is 2.37. The maximum absolute atomic E-state index is 12.6. The zero-order valence-electron chi connectivity index (χ0n) is 28.3. The Bertz CT molecular complexity index is 1720. The molecule has 1 saturated carbocycles. The van der Waals surface area contributed by atoms with Crippen molar-refractivity contribution >= 4 is 34.6 Å². The molecule has 0 spiro atoms. The molecule has 1 aliphatic carbocycles. The molecular formula is C37H45N9O3. The molecule has 0 bridgehead atoms. The first kappa shape index (κ1) is 32.8. The summed E-state index contributed by atoms with van der Waals surface area (Å²) in [5, 5.41) is 17.6. The van der Waals surface area contributed by atoms with Crippen LogP contribution in [0.15, 0.2) is 61.4 Å². The quantitative estimate of drug-likeness (QED) is 0.277. The Labute approximate surface area is 288 Å². The molecule has 1 amide bonds. The van der Waals surface area contributed by atoms with Crippen molar-refractivity contribution in [1.82, 2.24) is 19.8 Å². The molecule has 0 unspecified atom stereocenters. The zero-order valence-corrected chi connectivity index (χ0v) is 28.3. The Balaban J connectivity index is 1.08. The molecule has 49 heavy (non-hydrogen) atoms. The molecule has 3 aromatic rings. The van der Waals surface area contributed by atoms with Crippen LogP contribution in [0.25, 0.3) is 0 Å². The lowest BCUT2D eigenvalue weighted by Crippen LogP contribution is -2.57. The molecule has 1 aromatic heterocycles. The van der Waals surface area contributed by atoms with Gasteiger partial charge in [-0.15, -0.1) is 0 Å². The van der Waals surface area contributed by atoms with Crippen molar-refractivity contribution in [2.24, 2.45) is 0 Å². The number of piperidine rings is 1. The monoisotopic (exact) mass is 663 g/mol. The first-order chi connectivity index (χ1) is 23.9. The van der Waals surface area contributed by atoms with Crippen LogP contribution in [0.1, 0.15) is 56.2 Å². The van der Waals surface area contributed by atoms with Crippen molar-refractivity contribution in [2.45, 2.75) is 63.2 Å². The van der Waals surface area contributed by atoms with Gasteiger partial charge in [0.1, 0.15) is 17.9 Å². The van der Waals surface area contributed by atoms with Crippen LogP contribution in [0.4, 0.5) is 28.7 Å². The number of carbonyl (C=O) groups excluding carboxylic acids is 1. The lowest BCUT2D eigenvalue weighted by molar-refractivity contribution is -0.111. The summed E-state index contributed by atoms with van der Waals surface area (Å²) in [5.41, 5.74) is 3.82. The summed E-state index contributed by atoms with van der Waals surface area (Å²) >= 11 is 0. The number of aromatic nitrogens is 2. The number of hydrogen-bond donors (Lipinski definition) is 2. The number of nitriles is 1. The fourth-order valence-corrected chi connectivity index (χ4v) is 7.62. The highest BCUT2D eigenvalue weighted by atomic mass is 16.7. The topological polar surface area (TPSA) is 122 Å². The standard InChI is InChI=1S/C37H45N9O3/c1-4-37(47)42-30-19-31(41-35-21-36(40-24-39-35)46-32(12-17-49-46)27-7-5-6-26(18-27)22-38)34(48-3)20-33(30)43-13-10-28(11-14-43)44-15-16-45(25(2)23-44)29-8-9-29/h4-7,18-21,24-25,28-29,32H,1,8-17,23H2,2-3H3,(H,42,47)(H,39,40,41)/t25-,32+/m0/s1. The van der Waals surface area contributed by atoms with Gasteiger partial charge in [-0.25, -0.2) is 15.0 Å². The predicted octanol–water partition coefficient (Wildman–Crippen LogP) is 5.25. The largest absolute Gasteiger partial charge is 0.494 e. The fourth-order valence-electron chi connectivity index (χ4n) is 7.62. The number of carbonyl (C=O) groups is 1. The second-order valence-corrected chi connectivity index (χ2v) is 13.4. The minimum Gasteiger partial charge on any atom is -0.494 e. The molecule has 4 aliphatic rings. The van der Waals surface area contributed by atoms with Gasteiger partial charge < -0.3 is 20.3 Å². The molecule has 4 fully saturated rings.